The van der Waals surface area contributed by atoms with Gasteiger partial charge in [0.05, 0.1) is 0 Å². The second-order valence-electron chi connectivity index (χ2n) is 6.07. The number of rotatable bonds is 4. The van der Waals surface area contributed by atoms with E-state index in [1.807, 2.05) is 0 Å². The van der Waals surface area contributed by atoms with Crippen LogP contribution in [0.25, 0.3) is 0 Å². The fourth-order valence-corrected chi connectivity index (χ4v) is 2.89. The van der Waals surface area contributed by atoms with Crippen molar-refractivity contribution < 1.29 is 9.32 Å². The molecule has 0 aromatic carbocycles. The van der Waals surface area contributed by atoms with Gasteiger partial charge in [-0.2, -0.15) is 0 Å². The molecule has 1 N–H and O–H groups in total. The van der Waals surface area contributed by atoms with Crippen LogP contribution in [0.1, 0.15) is 54.3 Å². The van der Waals surface area contributed by atoms with Gasteiger partial charge in [0.15, 0.2) is 5.69 Å². The summed E-state index contributed by atoms with van der Waals surface area (Å²) in [5.74, 6) is 1.29. The molecule has 1 aliphatic heterocycles. The third-order valence-electron chi connectivity index (χ3n) is 4.36. The number of carbonyl (C=O) groups excluding carboxylic acids is 1. The van der Waals surface area contributed by atoms with Crippen molar-refractivity contribution in [3.63, 3.8) is 0 Å². The first-order valence-corrected chi connectivity index (χ1v) is 7.31. The third-order valence-corrected chi connectivity index (χ3v) is 4.36. The molecule has 2 aliphatic carbocycles. The monoisotopic (exact) mass is 261 g/mol. The Morgan fingerprint density at radius 2 is 2.16 bits per heavy atom. The summed E-state index contributed by atoms with van der Waals surface area (Å²) in [4.78, 5) is 14.6. The van der Waals surface area contributed by atoms with Gasteiger partial charge in [-0.25, -0.2) is 0 Å². The van der Waals surface area contributed by atoms with E-state index in [9.17, 15) is 4.79 Å². The summed E-state index contributed by atoms with van der Waals surface area (Å²) in [7, 11) is 0. The summed E-state index contributed by atoms with van der Waals surface area (Å²) in [6, 6.07) is 2.87. The Labute approximate surface area is 112 Å². The molecular weight excluding hydrogens is 242 g/mol. The van der Waals surface area contributed by atoms with Crippen molar-refractivity contribution in [2.75, 3.05) is 13.1 Å². The molecule has 1 amide bonds. The van der Waals surface area contributed by atoms with Crippen LogP contribution in [-0.4, -0.2) is 41.1 Å². The van der Waals surface area contributed by atoms with E-state index in [0.717, 1.165) is 44.2 Å². The van der Waals surface area contributed by atoms with E-state index >= 15 is 0 Å². The number of hydrogen-bond donors (Lipinski definition) is 1. The van der Waals surface area contributed by atoms with E-state index in [-0.39, 0.29) is 11.9 Å². The molecule has 0 radical (unpaired) electrons. The maximum Gasteiger partial charge on any atom is 0.273 e. The molecule has 2 heterocycles. The minimum absolute atomic E-state index is 0.0849. The van der Waals surface area contributed by atoms with Crippen LogP contribution in [0.5, 0.6) is 0 Å². The lowest BCUT2D eigenvalue weighted by molar-refractivity contribution is 0.0928. The van der Waals surface area contributed by atoms with Crippen molar-refractivity contribution >= 4 is 5.91 Å². The summed E-state index contributed by atoms with van der Waals surface area (Å²) >= 11 is 0. The molecule has 5 heteroatoms. The summed E-state index contributed by atoms with van der Waals surface area (Å²) in [6.45, 7) is 2.10. The van der Waals surface area contributed by atoms with Crippen molar-refractivity contribution in [3.8, 4) is 0 Å². The van der Waals surface area contributed by atoms with Gasteiger partial charge in [-0.05, 0) is 32.1 Å². The standard InChI is InChI=1S/C14H19N3O2/c18-14(12-7-13(19-16-12)9-1-2-9)15-10-5-6-17(8-10)11-3-4-11/h7,9-11H,1-6,8H2,(H,15,18). The number of aromatic nitrogens is 1. The number of hydrogen-bond acceptors (Lipinski definition) is 4. The highest BCUT2D eigenvalue weighted by Gasteiger charge is 2.35. The molecule has 1 saturated heterocycles. The molecule has 0 spiro atoms. The summed E-state index contributed by atoms with van der Waals surface area (Å²) < 4.78 is 5.22. The van der Waals surface area contributed by atoms with Gasteiger partial charge in [0.25, 0.3) is 5.91 Å². The SMILES string of the molecule is O=C(NC1CCN(C2CC2)C1)c1cc(C2CC2)on1. The van der Waals surface area contributed by atoms with Crippen LogP contribution in [-0.2, 0) is 0 Å². The highest BCUT2D eigenvalue weighted by atomic mass is 16.5. The van der Waals surface area contributed by atoms with Crippen molar-refractivity contribution in [1.29, 1.82) is 0 Å². The second kappa shape index (κ2) is 4.34. The van der Waals surface area contributed by atoms with E-state index in [4.69, 9.17) is 4.52 Å². The Bertz CT molecular complexity index is 491. The Hall–Kier alpha value is -1.36. The predicted octanol–water partition coefficient (Wildman–Crippen LogP) is 1.52. The van der Waals surface area contributed by atoms with Crippen molar-refractivity contribution in [1.82, 2.24) is 15.4 Å². The number of likely N-dealkylation sites (tertiary alicyclic amines) is 1. The summed E-state index contributed by atoms with van der Waals surface area (Å²) in [5, 5.41) is 6.96. The van der Waals surface area contributed by atoms with E-state index in [1.165, 1.54) is 12.8 Å². The quantitative estimate of drug-likeness (QED) is 0.892. The van der Waals surface area contributed by atoms with Crippen LogP contribution in [0, 0.1) is 0 Å². The molecule has 3 fully saturated rings. The molecule has 0 bridgehead atoms. The first-order chi connectivity index (χ1) is 9.29. The maximum absolute atomic E-state index is 12.1. The zero-order chi connectivity index (χ0) is 12.8. The molecular formula is C14H19N3O2. The highest BCUT2D eigenvalue weighted by molar-refractivity contribution is 5.92. The highest BCUT2D eigenvalue weighted by Crippen LogP contribution is 2.40. The van der Waals surface area contributed by atoms with Crippen LogP contribution in [0.15, 0.2) is 10.6 Å². The first-order valence-electron chi connectivity index (χ1n) is 7.31. The van der Waals surface area contributed by atoms with Crippen LogP contribution in [0.2, 0.25) is 0 Å². The topological polar surface area (TPSA) is 58.4 Å². The molecule has 5 nitrogen and oxygen atoms in total. The smallest absolute Gasteiger partial charge is 0.273 e. The minimum atomic E-state index is -0.0849. The normalized spacial score (nSPS) is 27.7. The van der Waals surface area contributed by atoms with E-state index in [0.29, 0.717) is 11.6 Å². The first kappa shape index (κ1) is 11.5. The molecule has 3 aliphatic rings. The van der Waals surface area contributed by atoms with Crippen LogP contribution >= 0.6 is 0 Å². The molecule has 1 aromatic rings. The molecule has 1 atom stereocenters. The van der Waals surface area contributed by atoms with Gasteiger partial charge in [-0.15, -0.1) is 0 Å². The number of carbonyl (C=O) groups is 1. The molecule has 2 saturated carbocycles. The van der Waals surface area contributed by atoms with Crippen molar-refractivity contribution in [2.24, 2.45) is 0 Å². The average molecular weight is 261 g/mol. The van der Waals surface area contributed by atoms with Crippen LogP contribution < -0.4 is 5.32 Å². The van der Waals surface area contributed by atoms with Gasteiger partial charge < -0.3 is 9.84 Å². The predicted molar refractivity (Wildman–Crippen MR) is 68.9 cm³/mol. The van der Waals surface area contributed by atoms with Crippen molar-refractivity contribution in [3.05, 3.63) is 17.5 Å². The van der Waals surface area contributed by atoms with E-state index < -0.39 is 0 Å². The van der Waals surface area contributed by atoms with Crippen LogP contribution in [0.4, 0.5) is 0 Å². The molecule has 1 unspecified atom stereocenters. The molecule has 1 aromatic heterocycles. The fourth-order valence-electron chi connectivity index (χ4n) is 2.89. The lowest BCUT2D eigenvalue weighted by Gasteiger charge is -2.15. The number of nitrogens with zero attached hydrogens (tertiary/aromatic N) is 2. The maximum atomic E-state index is 12.1. The number of nitrogens with one attached hydrogen (secondary N) is 1. The van der Waals surface area contributed by atoms with Gasteiger partial charge in [0.2, 0.25) is 0 Å². The van der Waals surface area contributed by atoms with Crippen molar-refractivity contribution in [2.45, 2.75) is 50.1 Å². The zero-order valence-corrected chi connectivity index (χ0v) is 11.0. The lowest BCUT2D eigenvalue weighted by Crippen LogP contribution is -2.37. The molecule has 4 rings (SSSR count). The Morgan fingerprint density at radius 3 is 2.89 bits per heavy atom. The third kappa shape index (κ3) is 2.39. The van der Waals surface area contributed by atoms with Gasteiger partial charge in [-0.1, -0.05) is 5.16 Å². The van der Waals surface area contributed by atoms with E-state index in [2.05, 4.69) is 15.4 Å². The van der Waals surface area contributed by atoms with Gasteiger partial charge in [-0.3, -0.25) is 9.69 Å². The van der Waals surface area contributed by atoms with Gasteiger partial charge in [0.1, 0.15) is 5.76 Å². The Balaban J connectivity index is 1.35. The zero-order valence-electron chi connectivity index (χ0n) is 11.0. The Morgan fingerprint density at radius 1 is 1.32 bits per heavy atom. The average Bonchev–Trinajstić information content (AvgIpc) is 3.34. The van der Waals surface area contributed by atoms with Gasteiger partial charge in [0, 0.05) is 37.2 Å². The number of amides is 1. The van der Waals surface area contributed by atoms with E-state index in [1.54, 1.807) is 6.07 Å². The minimum Gasteiger partial charge on any atom is -0.360 e. The summed E-state index contributed by atoms with van der Waals surface area (Å²) in [6.07, 6.45) is 6.03. The molecule has 19 heavy (non-hydrogen) atoms. The second-order valence-corrected chi connectivity index (χ2v) is 6.07. The van der Waals surface area contributed by atoms with Gasteiger partial charge >= 0.3 is 0 Å². The fraction of sp³-hybridized carbons (Fsp3) is 0.714. The largest absolute Gasteiger partial charge is 0.360 e. The Kier molecular flexibility index (Phi) is 2.62. The molecule has 102 valence electrons. The van der Waals surface area contributed by atoms with Crippen LogP contribution in [0.3, 0.4) is 0 Å². The summed E-state index contributed by atoms with van der Waals surface area (Å²) in [5.41, 5.74) is 0.437. The lowest BCUT2D eigenvalue weighted by atomic mass is 10.2.